The average Bonchev–Trinajstić information content (AvgIpc) is 3.12. The molecule has 2 saturated heterocycles. The number of urea groups is 1. The van der Waals surface area contributed by atoms with Crippen LogP contribution in [0.1, 0.15) is 38.7 Å². The highest BCUT2D eigenvalue weighted by Gasteiger charge is 2.45. The number of rotatable bonds is 5. The van der Waals surface area contributed by atoms with Crippen LogP contribution >= 0.6 is 0 Å². The first-order valence-corrected chi connectivity index (χ1v) is 8.71. The molecule has 2 aliphatic rings. The number of carbonyl (C=O) groups is 3. The summed E-state index contributed by atoms with van der Waals surface area (Å²) in [7, 11) is 0. The summed E-state index contributed by atoms with van der Waals surface area (Å²) in [6, 6.07) is 3.64. The number of likely N-dealkylation sites (tertiary alicyclic amines) is 1. The molecule has 2 fully saturated rings. The maximum absolute atomic E-state index is 12.7. The summed E-state index contributed by atoms with van der Waals surface area (Å²) in [5.74, 6) is -0.503. The predicted octanol–water partition coefficient (Wildman–Crippen LogP) is 1.34. The van der Waals surface area contributed by atoms with Gasteiger partial charge in [-0.1, -0.05) is 0 Å². The second-order valence-corrected chi connectivity index (χ2v) is 7.22. The maximum atomic E-state index is 12.7. The number of hydrogen-bond acceptors (Lipinski definition) is 4. The van der Waals surface area contributed by atoms with Crippen molar-refractivity contribution in [1.29, 1.82) is 0 Å². The third kappa shape index (κ3) is 3.65. The van der Waals surface area contributed by atoms with Gasteiger partial charge in [-0.3, -0.25) is 19.5 Å². The van der Waals surface area contributed by atoms with Gasteiger partial charge in [0.1, 0.15) is 12.1 Å². The molecule has 0 spiro atoms. The van der Waals surface area contributed by atoms with Crippen LogP contribution in [0.3, 0.4) is 0 Å². The minimum Gasteiger partial charge on any atom is -0.338 e. The molecular weight excluding hydrogens is 320 g/mol. The van der Waals surface area contributed by atoms with E-state index in [0.717, 1.165) is 30.6 Å². The molecule has 0 bridgehead atoms. The van der Waals surface area contributed by atoms with Crippen LogP contribution in [0.2, 0.25) is 0 Å². The highest BCUT2D eigenvalue weighted by Crippen LogP contribution is 2.23. The zero-order chi connectivity index (χ0) is 18.0. The second-order valence-electron chi connectivity index (χ2n) is 7.22. The Morgan fingerprint density at radius 1 is 1.32 bits per heavy atom. The van der Waals surface area contributed by atoms with Gasteiger partial charge in [-0.25, -0.2) is 4.79 Å². The van der Waals surface area contributed by atoms with Gasteiger partial charge in [0.05, 0.1) is 0 Å². The molecule has 7 heteroatoms. The molecule has 0 radical (unpaired) electrons. The van der Waals surface area contributed by atoms with Crippen molar-refractivity contribution in [3.8, 4) is 0 Å². The quantitative estimate of drug-likeness (QED) is 0.817. The van der Waals surface area contributed by atoms with Crippen LogP contribution in [-0.2, 0) is 16.0 Å². The summed E-state index contributed by atoms with van der Waals surface area (Å²) in [6.07, 6.45) is 7.22. The third-order valence-corrected chi connectivity index (χ3v) is 4.95. The van der Waals surface area contributed by atoms with Crippen LogP contribution in [0.4, 0.5) is 4.79 Å². The van der Waals surface area contributed by atoms with E-state index in [1.807, 2.05) is 17.0 Å². The van der Waals surface area contributed by atoms with E-state index in [-0.39, 0.29) is 24.4 Å². The van der Waals surface area contributed by atoms with Gasteiger partial charge in [-0.15, -0.1) is 0 Å². The lowest BCUT2D eigenvalue weighted by Gasteiger charge is -2.26. The molecule has 1 N–H and O–H groups in total. The molecule has 7 nitrogen and oxygen atoms in total. The minimum atomic E-state index is -0.941. The fourth-order valence-corrected chi connectivity index (χ4v) is 3.53. The van der Waals surface area contributed by atoms with Crippen LogP contribution in [0, 0.1) is 0 Å². The number of amides is 4. The summed E-state index contributed by atoms with van der Waals surface area (Å²) in [5, 5.41) is 2.61. The zero-order valence-corrected chi connectivity index (χ0v) is 14.7. The number of pyridine rings is 1. The van der Waals surface area contributed by atoms with Gasteiger partial charge in [0, 0.05) is 25.0 Å². The summed E-state index contributed by atoms with van der Waals surface area (Å²) in [5.41, 5.74) is 0.258. The van der Waals surface area contributed by atoms with E-state index in [1.165, 1.54) is 5.56 Å². The van der Waals surface area contributed by atoms with Gasteiger partial charge in [-0.05, 0) is 57.2 Å². The van der Waals surface area contributed by atoms with E-state index in [1.54, 1.807) is 26.2 Å². The van der Waals surface area contributed by atoms with Crippen LogP contribution in [0.25, 0.3) is 0 Å². The third-order valence-electron chi connectivity index (χ3n) is 4.95. The summed E-state index contributed by atoms with van der Waals surface area (Å²) >= 11 is 0. The SMILES string of the molecule is CC1(C)NC(=O)N(CC(=O)N2CCC[C@@H]2CCc2ccncc2)C1=O. The van der Waals surface area contributed by atoms with Crippen molar-refractivity contribution in [3.05, 3.63) is 30.1 Å². The molecule has 0 saturated carbocycles. The van der Waals surface area contributed by atoms with Crippen molar-refractivity contribution in [3.63, 3.8) is 0 Å². The van der Waals surface area contributed by atoms with Gasteiger partial charge in [-0.2, -0.15) is 0 Å². The van der Waals surface area contributed by atoms with Crippen molar-refractivity contribution < 1.29 is 14.4 Å². The largest absolute Gasteiger partial charge is 0.338 e. The fraction of sp³-hybridized carbons (Fsp3) is 0.556. The van der Waals surface area contributed by atoms with Gasteiger partial charge in [0.25, 0.3) is 5.91 Å². The number of imide groups is 1. The Bertz CT molecular complexity index is 674. The molecule has 0 aromatic carbocycles. The normalized spacial score (nSPS) is 22.4. The molecular formula is C18H24N4O3. The van der Waals surface area contributed by atoms with Gasteiger partial charge < -0.3 is 10.2 Å². The van der Waals surface area contributed by atoms with Crippen LogP contribution in [0.15, 0.2) is 24.5 Å². The molecule has 25 heavy (non-hydrogen) atoms. The first kappa shape index (κ1) is 17.4. The average molecular weight is 344 g/mol. The summed E-state index contributed by atoms with van der Waals surface area (Å²) < 4.78 is 0. The Labute approximate surface area is 147 Å². The minimum absolute atomic E-state index is 0.154. The number of carbonyl (C=O) groups excluding carboxylic acids is 3. The smallest absolute Gasteiger partial charge is 0.325 e. The highest BCUT2D eigenvalue weighted by molar-refractivity contribution is 6.08. The van der Waals surface area contributed by atoms with Crippen LogP contribution in [-0.4, -0.2) is 57.3 Å². The highest BCUT2D eigenvalue weighted by atomic mass is 16.2. The van der Waals surface area contributed by atoms with E-state index in [0.29, 0.717) is 6.54 Å². The zero-order valence-electron chi connectivity index (χ0n) is 14.7. The Balaban J connectivity index is 1.59. The topological polar surface area (TPSA) is 82.6 Å². The first-order valence-electron chi connectivity index (χ1n) is 8.71. The predicted molar refractivity (Wildman–Crippen MR) is 91.6 cm³/mol. The number of nitrogens with zero attached hydrogens (tertiary/aromatic N) is 3. The monoisotopic (exact) mass is 344 g/mol. The molecule has 1 aromatic heterocycles. The van der Waals surface area contributed by atoms with Crippen molar-refractivity contribution in [1.82, 2.24) is 20.1 Å². The van der Waals surface area contributed by atoms with E-state index in [9.17, 15) is 14.4 Å². The number of aromatic nitrogens is 1. The van der Waals surface area contributed by atoms with E-state index >= 15 is 0 Å². The van der Waals surface area contributed by atoms with E-state index < -0.39 is 11.6 Å². The van der Waals surface area contributed by atoms with Crippen molar-refractivity contribution >= 4 is 17.8 Å². The Morgan fingerprint density at radius 3 is 2.68 bits per heavy atom. The molecule has 3 heterocycles. The maximum Gasteiger partial charge on any atom is 0.325 e. The molecule has 2 aliphatic heterocycles. The Morgan fingerprint density at radius 2 is 2.04 bits per heavy atom. The second kappa shape index (κ2) is 6.82. The lowest BCUT2D eigenvalue weighted by atomic mass is 10.0. The standard InChI is InChI=1S/C18H24N4O3/c1-18(2)16(24)22(17(25)20-18)12-15(23)21-11-3-4-14(21)6-5-13-7-9-19-10-8-13/h7-10,14H,3-6,11-12H2,1-2H3,(H,20,25)/t14-/m1/s1. The lowest BCUT2D eigenvalue weighted by Crippen LogP contribution is -2.46. The van der Waals surface area contributed by atoms with Gasteiger partial charge in [0.2, 0.25) is 5.91 Å². The van der Waals surface area contributed by atoms with Crippen LogP contribution in [0.5, 0.6) is 0 Å². The lowest BCUT2D eigenvalue weighted by molar-refractivity contribution is -0.139. The molecule has 4 amide bonds. The Hall–Kier alpha value is -2.44. The van der Waals surface area contributed by atoms with Crippen LogP contribution < -0.4 is 5.32 Å². The first-order chi connectivity index (χ1) is 11.9. The Kier molecular flexibility index (Phi) is 4.74. The number of nitrogens with one attached hydrogen (secondary N) is 1. The molecule has 0 aliphatic carbocycles. The summed E-state index contributed by atoms with van der Waals surface area (Å²) in [6.45, 7) is 3.79. The molecule has 3 rings (SSSR count). The van der Waals surface area contributed by atoms with E-state index in [2.05, 4.69) is 10.3 Å². The fourth-order valence-electron chi connectivity index (χ4n) is 3.53. The summed E-state index contributed by atoms with van der Waals surface area (Å²) in [4.78, 5) is 43.7. The molecule has 134 valence electrons. The van der Waals surface area contributed by atoms with E-state index in [4.69, 9.17) is 0 Å². The van der Waals surface area contributed by atoms with Gasteiger partial charge >= 0.3 is 6.03 Å². The van der Waals surface area contributed by atoms with Crippen molar-refractivity contribution in [2.45, 2.75) is 51.1 Å². The van der Waals surface area contributed by atoms with Crippen molar-refractivity contribution in [2.24, 2.45) is 0 Å². The molecule has 1 atom stereocenters. The van der Waals surface area contributed by atoms with Crippen molar-refractivity contribution in [2.75, 3.05) is 13.1 Å². The molecule has 0 unspecified atom stereocenters. The molecule has 1 aromatic rings. The number of hydrogen-bond donors (Lipinski definition) is 1. The van der Waals surface area contributed by atoms with Gasteiger partial charge in [0.15, 0.2) is 0 Å². The number of aryl methyl sites for hydroxylation is 1.